The summed E-state index contributed by atoms with van der Waals surface area (Å²) in [6, 6.07) is 19.5. The summed E-state index contributed by atoms with van der Waals surface area (Å²) in [6.07, 6.45) is 7.52. The average Bonchev–Trinajstić information content (AvgIpc) is 3.61. The van der Waals surface area contributed by atoms with Crippen LogP contribution in [0.1, 0.15) is 58.8 Å². The molecule has 3 amide bonds. The number of nitrogens with zero attached hydrogens (tertiary/aromatic N) is 3. The molecule has 2 aromatic heterocycles. The number of thiophene rings is 1. The van der Waals surface area contributed by atoms with Crippen molar-refractivity contribution < 1.29 is 23.5 Å². The van der Waals surface area contributed by atoms with Gasteiger partial charge in [-0.05, 0) is 84.0 Å². The second-order valence-electron chi connectivity index (χ2n) is 12.1. The maximum Gasteiger partial charge on any atom is 0.560 e. The fourth-order valence-corrected chi connectivity index (χ4v) is 8.61. The van der Waals surface area contributed by atoms with Crippen LogP contribution in [0.4, 0.5) is 0 Å². The first kappa shape index (κ1) is 29.6. The van der Waals surface area contributed by atoms with Crippen molar-refractivity contribution in [1.29, 1.82) is 0 Å². The Balaban J connectivity index is 0.992. The summed E-state index contributed by atoms with van der Waals surface area (Å²) in [5.41, 5.74) is 1.98. The Bertz CT molecular complexity index is 1740. The van der Waals surface area contributed by atoms with E-state index in [2.05, 4.69) is 10.3 Å². The highest BCUT2D eigenvalue weighted by Gasteiger charge is 2.47. The number of hydrogen-bond acceptors (Lipinski definition) is 7. The number of pyridine rings is 1. The lowest BCUT2D eigenvalue weighted by Crippen LogP contribution is -2.58. The summed E-state index contributed by atoms with van der Waals surface area (Å²) >= 11 is 1.36. The molecule has 3 aliphatic heterocycles. The van der Waals surface area contributed by atoms with Crippen molar-refractivity contribution in [3.63, 3.8) is 0 Å². The summed E-state index contributed by atoms with van der Waals surface area (Å²) in [5, 5.41) is 3.88. The van der Waals surface area contributed by atoms with E-state index in [0.717, 1.165) is 40.5 Å². The van der Waals surface area contributed by atoms with Crippen molar-refractivity contribution in [3.8, 4) is 5.75 Å². The smallest absolute Gasteiger partial charge is 0.340 e. The maximum absolute atomic E-state index is 13.9. The lowest BCUT2D eigenvalue weighted by atomic mass is 9.92. The van der Waals surface area contributed by atoms with Gasteiger partial charge in [-0.3, -0.25) is 23.9 Å². The number of likely N-dealkylation sites (tertiary alicyclic amines) is 1. The Morgan fingerprint density at radius 1 is 1.00 bits per heavy atom. The molecule has 0 saturated carbocycles. The van der Waals surface area contributed by atoms with E-state index in [-0.39, 0.29) is 35.8 Å². The second kappa shape index (κ2) is 12.7. The molecular weight excluding hydrogens is 607 g/mol. The van der Waals surface area contributed by atoms with E-state index < -0.39 is 20.1 Å². The van der Waals surface area contributed by atoms with Crippen molar-refractivity contribution in [3.05, 3.63) is 95.1 Å². The monoisotopic (exact) mass is 641 g/mol. The van der Waals surface area contributed by atoms with Crippen LogP contribution in [-0.4, -0.2) is 63.7 Å². The van der Waals surface area contributed by atoms with Crippen molar-refractivity contribution in [1.82, 2.24) is 20.1 Å². The molecule has 0 radical (unpaired) electrons. The number of nitrogens with one attached hydrogen (secondary N) is 1. The van der Waals surface area contributed by atoms with Crippen LogP contribution in [0.25, 0.3) is 10.1 Å². The maximum atomic E-state index is 13.9. The molecule has 11 heteroatoms. The minimum absolute atomic E-state index is 0.00851. The SMILES string of the molecule is O=C(N[C@H]1CCC[C@H]2CC[C@@H](C(=O)N3CC(c4cccnc4)C3)N2C1=O)c1cc2cc(C[P+](=O)Oc3ccccc3)ccc2s1. The molecule has 45 heavy (non-hydrogen) atoms. The first-order valence-electron chi connectivity index (χ1n) is 15.4. The van der Waals surface area contributed by atoms with Gasteiger partial charge in [-0.1, -0.05) is 30.3 Å². The fourth-order valence-electron chi connectivity index (χ4n) is 6.75. The molecule has 3 saturated heterocycles. The van der Waals surface area contributed by atoms with Gasteiger partial charge < -0.3 is 15.1 Å². The van der Waals surface area contributed by atoms with Gasteiger partial charge in [0.2, 0.25) is 18.0 Å². The first-order chi connectivity index (χ1) is 21.9. The summed E-state index contributed by atoms with van der Waals surface area (Å²) in [4.78, 5) is 49.2. The Morgan fingerprint density at radius 2 is 1.84 bits per heavy atom. The molecule has 4 atom stereocenters. The van der Waals surface area contributed by atoms with Gasteiger partial charge in [0.25, 0.3) is 5.91 Å². The van der Waals surface area contributed by atoms with Crippen molar-refractivity contribution in [2.45, 2.75) is 62.3 Å². The van der Waals surface area contributed by atoms with E-state index in [0.29, 0.717) is 36.6 Å². The molecular formula is C34H34N4O5PS+. The van der Waals surface area contributed by atoms with Gasteiger partial charge in [-0.2, -0.15) is 0 Å². The molecule has 2 aromatic carbocycles. The van der Waals surface area contributed by atoms with E-state index >= 15 is 0 Å². The van der Waals surface area contributed by atoms with Crippen molar-refractivity contribution >= 4 is 47.2 Å². The van der Waals surface area contributed by atoms with E-state index in [1.807, 2.05) is 65.7 Å². The zero-order valence-corrected chi connectivity index (χ0v) is 26.4. The van der Waals surface area contributed by atoms with Gasteiger partial charge >= 0.3 is 8.03 Å². The molecule has 0 bridgehead atoms. The lowest BCUT2D eigenvalue weighted by molar-refractivity contribution is -0.148. The van der Waals surface area contributed by atoms with E-state index in [9.17, 15) is 18.9 Å². The highest BCUT2D eigenvalue weighted by atomic mass is 32.1. The molecule has 3 fully saturated rings. The van der Waals surface area contributed by atoms with Gasteiger partial charge in [0.15, 0.2) is 5.75 Å². The van der Waals surface area contributed by atoms with Gasteiger partial charge in [0.1, 0.15) is 12.1 Å². The molecule has 230 valence electrons. The van der Waals surface area contributed by atoms with E-state index in [4.69, 9.17) is 4.52 Å². The number of carbonyl (C=O) groups is 3. The molecule has 9 nitrogen and oxygen atoms in total. The van der Waals surface area contributed by atoms with Crippen molar-refractivity contribution in [2.24, 2.45) is 0 Å². The summed E-state index contributed by atoms with van der Waals surface area (Å²) in [7, 11) is -1.94. The molecule has 3 aliphatic rings. The van der Waals surface area contributed by atoms with Crippen LogP contribution in [0.3, 0.4) is 0 Å². The Kier molecular flexibility index (Phi) is 8.34. The van der Waals surface area contributed by atoms with E-state index in [1.54, 1.807) is 23.2 Å². The topological polar surface area (TPSA) is 109 Å². The minimum atomic E-state index is -1.94. The number of carbonyl (C=O) groups excluding carboxylic acids is 3. The van der Waals surface area contributed by atoms with E-state index in [1.165, 1.54) is 11.3 Å². The van der Waals surface area contributed by atoms with Crippen LogP contribution < -0.4 is 9.84 Å². The summed E-state index contributed by atoms with van der Waals surface area (Å²) < 4.78 is 19.1. The number of amides is 3. The van der Waals surface area contributed by atoms with Crippen molar-refractivity contribution in [2.75, 3.05) is 13.1 Å². The first-order valence-corrected chi connectivity index (χ1v) is 17.6. The number of para-hydroxylation sites is 1. The third-order valence-corrected chi connectivity index (χ3v) is 11.2. The number of benzene rings is 2. The molecule has 7 rings (SSSR count). The molecule has 5 heterocycles. The summed E-state index contributed by atoms with van der Waals surface area (Å²) in [5.74, 6) is 0.394. The Labute approximate surface area is 266 Å². The van der Waals surface area contributed by atoms with Crippen LogP contribution in [0.15, 0.2) is 79.1 Å². The molecule has 1 N–H and O–H groups in total. The molecule has 0 spiro atoms. The molecule has 4 aromatic rings. The highest BCUT2D eigenvalue weighted by Crippen LogP contribution is 2.36. The third kappa shape index (κ3) is 6.22. The van der Waals surface area contributed by atoms with Gasteiger partial charge in [-0.25, -0.2) is 0 Å². The van der Waals surface area contributed by atoms with Gasteiger partial charge in [-0.15, -0.1) is 11.3 Å². The zero-order valence-electron chi connectivity index (χ0n) is 24.7. The van der Waals surface area contributed by atoms with Crippen LogP contribution in [0, 0.1) is 0 Å². The zero-order chi connectivity index (χ0) is 30.9. The third-order valence-electron chi connectivity index (χ3n) is 9.09. The standard InChI is InChI=1S/C34H33N4O5PS/c39-32(31-17-24-16-22(11-14-30(24)45-31)21-44(42)43-27-8-2-1-3-9-27)36-28-10-4-7-26-12-13-29(38(26)33(28)40)34(41)37-19-25(20-37)23-6-5-15-35-18-23/h1-3,5-6,8-9,11,14-18,25-26,28-29H,4,7,10,12-13,19-21H2/p+1/t26-,28-,29-/m0/s1. The van der Waals surface area contributed by atoms with Crippen LogP contribution in [0.2, 0.25) is 0 Å². The largest absolute Gasteiger partial charge is 0.560 e. The fraction of sp³-hybridized carbons (Fsp3) is 0.353. The van der Waals surface area contributed by atoms with Crippen LogP contribution >= 0.6 is 19.4 Å². The van der Waals surface area contributed by atoms with Gasteiger partial charge in [0, 0.05) is 47.7 Å². The predicted octanol–water partition coefficient (Wildman–Crippen LogP) is 5.89. The molecule has 1 unspecified atom stereocenters. The van der Waals surface area contributed by atoms with Crippen LogP contribution in [0.5, 0.6) is 5.75 Å². The minimum Gasteiger partial charge on any atom is -0.340 e. The Hall–Kier alpha value is -4.14. The normalized spacial score (nSPS) is 22.0. The van der Waals surface area contributed by atoms with Gasteiger partial charge in [0.05, 0.1) is 4.88 Å². The quantitative estimate of drug-likeness (QED) is 0.241. The lowest BCUT2D eigenvalue weighted by Gasteiger charge is -2.42. The number of hydrogen-bond donors (Lipinski definition) is 1. The molecule has 0 aliphatic carbocycles. The highest BCUT2D eigenvalue weighted by molar-refractivity contribution is 7.38. The number of fused-ring (bicyclic) bond motifs is 2. The second-order valence-corrected chi connectivity index (χ2v) is 14.3. The predicted molar refractivity (Wildman–Crippen MR) is 173 cm³/mol. The average molecular weight is 642 g/mol. The summed E-state index contributed by atoms with van der Waals surface area (Å²) in [6.45, 7) is 1.27. The number of rotatable bonds is 8. The Morgan fingerprint density at radius 3 is 2.64 bits per heavy atom. The number of aromatic nitrogens is 1. The van der Waals surface area contributed by atoms with Crippen LogP contribution in [-0.2, 0) is 20.3 Å².